The zero-order valence-electron chi connectivity index (χ0n) is 11.5. The maximum absolute atomic E-state index is 5.84. The number of anilines is 1. The van der Waals surface area contributed by atoms with E-state index in [2.05, 4.69) is 16.4 Å². The van der Waals surface area contributed by atoms with Gasteiger partial charge in [-0.3, -0.25) is 0 Å². The fourth-order valence-electron chi connectivity index (χ4n) is 2.93. The molecule has 0 bridgehead atoms. The highest BCUT2D eigenvalue weighted by atomic mass is 32.1. The number of para-hydroxylation sites is 1. The lowest BCUT2D eigenvalue weighted by atomic mass is 9.71. The van der Waals surface area contributed by atoms with Crippen molar-refractivity contribution in [3.63, 3.8) is 0 Å². The van der Waals surface area contributed by atoms with Crippen molar-refractivity contribution in [3.8, 4) is 5.75 Å². The maximum Gasteiger partial charge on any atom is 0.180 e. The summed E-state index contributed by atoms with van der Waals surface area (Å²) in [6.45, 7) is 1.46. The lowest BCUT2D eigenvalue weighted by Crippen LogP contribution is -2.35. The number of aromatic nitrogens is 1. The lowest BCUT2D eigenvalue weighted by Gasteiger charge is -2.37. The van der Waals surface area contributed by atoms with E-state index in [1.54, 1.807) is 7.11 Å². The minimum atomic E-state index is -0.154. The van der Waals surface area contributed by atoms with Gasteiger partial charge in [0.25, 0.3) is 0 Å². The Labute approximate surface area is 122 Å². The number of rotatable bonds is 3. The smallest absolute Gasteiger partial charge is 0.180 e. The van der Waals surface area contributed by atoms with Crippen LogP contribution in [0.2, 0.25) is 0 Å². The molecular weight excluding hydrogens is 272 g/mol. The first kappa shape index (κ1) is 13.4. The number of nitrogens with zero attached hydrogens (tertiary/aromatic N) is 1. The molecule has 5 heteroatoms. The Kier molecular flexibility index (Phi) is 3.63. The summed E-state index contributed by atoms with van der Waals surface area (Å²) in [7, 11) is 1.71. The summed E-state index contributed by atoms with van der Waals surface area (Å²) in [6, 6.07) is 8.16. The quantitative estimate of drug-likeness (QED) is 0.944. The van der Waals surface area contributed by atoms with Crippen LogP contribution in [0.3, 0.4) is 0 Å². The number of nitrogens with two attached hydrogens (primary N) is 1. The fourth-order valence-corrected chi connectivity index (χ4v) is 3.59. The first-order valence-electron chi connectivity index (χ1n) is 6.69. The van der Waals surface area contributed by atoms with Crippen LogP contribution in [0.1, 0.15) is 24.1 Å². The molecule has 0 aliphatic carbocycles. The van der Waals surface area contributed by atoms with Crippen LogP contribution in [0, 0.1) is 0 Å². The number of hydrogen-bond acceptors (Lipinski definition) is 5. The Morgan fingerprint density at radius 1 is 1.30 bits per heavy atom. The molecular formula is C15H18N2O2S. The minimum Gasteiger partial charge on any atom is -0.496 e. The molecule has 0 radical (unpaired) electrons. The number of ether oxygens (including phenoxy) is 2. The largest absolute Gasteiger partial charge is 0.496 e. The van der Waals surface area contributed by atoms with E-state index in [0.29, 0.717) is 5.13 Å². The molecule has 106 valence electrons. The van der Waals surface area contributed by atoms with Crippen molar-refractivity contribution in [1.29, 1.82) is 0 Å². The van der Waals surface area contributed by atoms with E-state index in [1.807, 2.05) is 18.2 Å². The second-order valence-corrected chi connectivity index (χ2v) is 5.86. The van der Waals surface area contributed by atoms with Crippen molar-refractivity contribution in [2.45, 2.75) is 18.3 Å². The third kappa shape index (κ3) is 2.17. The average Bonchev–Trinajstić information content (AvgIpc) is 2.95. The van der Waals surface area contributed by atoms with E-state index in [-0.39, 0.29) is 5.41 Å². The normalized spacial score (nSPS) is 17.9. The molecule has 1 aromatic carbocycles. The van der Waals surface area contributed by atoms with Crippen molar-refractivity contribution >= 4 is 16.5 Å². The molecule has 20 heavy (non-hydrogen) atoms. The van der Waals surface area contributed by atoms with Crippen LogP contribution in [0.25, 0.3) is 0 Å². The first-order valence-corrected chi connectivity index (χ1v) is 7.57. The summed E-state index contributed by atoms with van der Waals surface area (Å²) < 4.78 is 11.1. The molecule has 2 heterocycles. The molecule has 4 nitrogen and oxygen atoms in total. The zero-order chi connectivity index (χ0) is 14.0. The monoisotopic (exact) mass is 290 g/mol. The number of hydrogen-bond donors (Lipinski definition) is 1. The summed E-state index contributed by atoms with van der Waals surface area (Å²) in [5.41, 5.74) is 7.90. The van der Waals surface area contributed by atoms with Gasteiger partial charge < -0.3 is 15.2 Å². The summed E-state index contributed by atoms with van der Waals surface area (Å²) in [5.74, 6) is 0.904. The molecule has 1 saturated heterocycles. The van der Waals surface area contributed by atoms with Gasteiger partial charge in [-0.2, -0.15) is 0 Å². The Bertz CT molecular complexity index is 591. The molecule has 0 unspecified atom stereocenters. The van der Waals surface area contributed by atoms with E-state index in [1.165, 1.54) is 16.9 Å². The van der Waals surface area contributed by atoms with Gasteiger partial charge in [0.2, 0.25) is 0 Å². The molecule has 1 aliphatic rings. The van der Waals surface area contributed by atoms with Crippen molar-refractivity contribution in [1.82, 2.24) is 4.98 Å². The molecule has 0 spiro atoms. The standard InChI is InChI=1S/C15H18N2O2S/c1-18-12-5-3-2-4-11(12)15(6-8-19-9-7-15)13-10-20-14(16)17-13/h2-5,10H,6-9H2,1H3,(H2,16,17). The average molecular weight is 290 g/mol. The van der Waals surface area contributed by atoms with Gasteiger partial charge in [0.15, 0.2) is 5.13 Å². The van der Waals surface area contributed by atoms with E-state index in [0.717, 1.165) is 37.5 Å². The van der Waals surface area contributed by atoms with Gasteiger partial charge in [0, 0.05) is 29.6 Å². The van der Waals surface area contributed by atoms with Crippen molar-refractivity contribution in [2.75, 3.05) is 26.1 Å². The molecule has 0 amide bonds. The number of methoxy groups -OCH3 is 1. The van der Waals surface area contributed by atoms with Crippen LogP contribution in [-0.4, -0.2) is 25.3 Å². The Balaban J connectivity index is 2.15. The van der Waals surface area contributed by atoms with Gasteiger partial charge in [0.05, 0.1) is 12.8 Å². The fraction of sp³-hybridized carbons (Fsp3) is 0.400. The number of benzene rings is 1. The van der Waals surface area contributed by atoms with Crippen LogP contribution in [-0.2, 0) is 10.2 Å². The van der Waals surface area contributed by atoms with Gasteiger partial charge in [-0.1, -0.05) is 18.2 Å². The molecule has 1 aromatic heterocycles. The van der Waals surface area contributed by atoms with E-state index in [9.17, 15) is 0 Å². The minimum absolute atomic E-state index is 0.154. The maximum atomic E-state index is 5.84. The third-order valence-corrected chi connectivity index (χ3v) is 4.66. The molecule has 2 aromatic rings. The number of nitrogen functional groups attached to an aromatic ring is 1. The highest BCUT2D eigenvalue weighted by molar-refractivity contribution is 7.13. The summed E-state index contributed by atoms with van der Waals surface area (Å²) in [6.07, 6.45) is 1.80. The van der Waals surface area contributed by atoms with Gasteiger partial charge in [0.1, 0.15) is 5.75 Å². The third-order valence-electron chi connectivity index (χ3n) is 3.98. The van der Waals surface area contributed by atoms with E-state index in [4.69, 9.17) is 15.2 Å². The Morgan fingerprint density at radius 3 is 2.70 bits per heavy atom. The van der Waals surface area contributed by atoms with Gasteiger partial charge in [-0.25, -0.2) is 4.98 Å². The molecule has 0 atom stereocenters. The van der Waals surface area contributed by atoms with Gasteiger partial charge in [-0.15, -0.1) is 11.3 Å². The topological polar surface area (TPSA) is 57.4 Å². The second kappa shape index (κ2) is 5.42. The van der Waals surface area contributed by atoms with Crippen molar-refractivity contribution in [3.05, 3.63) is 40.9 Å². The SMILES string of the molecule is COc1ccccc1C1(c2csc(N)n2)CCOCC1. The van der Waals surface area contributed by atoms with Gasteiger partial charge >= 0.3 is 0 Å². The molecule has 3 rings (SSSR count). The van der Waals surface area contributed by atoms with Crippen LogP contribution in [0.5, 0.6) is 5.75 Å². The molecule has 1 fully saturated rings. The second-order valence-electron chi connectivity index (χ2n) is 4.97. The van der Waals surface area contributed by atoms with E-state index >= 15 is 0 Å². The predicted octanol–water partition coefficient (Wildman–Crippen LogP) is 2.83. The molecule has 2 N–H and O–H groups in total. The van der Waals surface area contributed by atoms with Crippen LogP contribution < -0.4 is 10.5 Å². The highest BCUT2D eigenvalue weighted by Crippen LogP contribution is 2.45. The van der Waals surface area contributed by atoms with E-state index < -0.39 is 0 Å². The van der Waals surface area contributed by atoms with Crippen LogP contribution in [0.15, 0.2) is 29.6 Å². The van der Waals surface area contributed by atoms with Crippen LogP contribution in [0.4, 0.5) is 5.13 Å². The summed E-state index contributed by atoms with van der Waals surface area (Å²) in [5, 5.41) is 2.67. The Morgan fingerprint density at radius 2 is 2.05 bits per heavy atom. The Hall–Kier alpha value is -1.59. The first-order chi connectivity index (χ1) is 9.76. The van der Waals surface area contributed by atoms with Crippen molar-refractivity contribution in [2.24, 2.45) is 0 Å². The lowest BCUT2D eigenvalue weighted by molar-refractivity contribution is 0.0613. The van der Waals surface area contributed by atoms with Gasteiger partial charge in [-0.05, 0) is 18.9 Å². The van der Waals surface area contributed by atoms with Crippen LogP contribution >= 0.6 is 11.3 Å². The predicted molar refractivity (Wildman–Crippen MR) is 80.4 cm³/mol. The van der Waals surface area contributed by atoms with Crippen molar-refractivity contribution < 1.29 is 9.47 Å². The molecule has 1 aliphatic heterocycles. The number of thiazole rings is 1. The summed E-state index contributed by atoms with van der Waals surface area (Å²) in [4.78, 5) is 4.54. The highest BCUT2D eigenvalue weighted by Gasteiger charge is 2.40. The molecule has 0 saturated carbocycles. The summed E-state index contributed by atoms with van der Waals surface area (Å²) >= 11 is 1.49. The zero-order valence-corrected chi connectivity index (χ0v) is 12.3.